The number of aromatic nitrogens is 3. The van der Waals surface area contributed by atoms with Gasteiger partial charge in [0, 0.05) is 38.2 Å². The highest BCUT2D eigenvalue weighted by atomic mass is 127. The third-order valence-electron chi connectivity index (χ3n) is 3.97. The normalized spacial score (nSPS) is 13.0. The van der Waals surface area contributed by atoms with E-state index in [0.717, 1.165) is 23.8 Å². The molecule has 0 aliphatic rings. The fourth-order valence-electron chi connectivity index (χ4n) is 2.40. The van der Waals surface area contributed by atoms with E-state index in [0.29, 0.717) is 18.0 Å². The van der Waals surface area contributed by atoms with Crippen LogP contribution in [0.15, 0.2) is 42.0 Å². The topological polar surface area (TPSA) is 67.1 Å². The summed E-state index contributed by atoms with van der Waals surface area (Å²) in [6.45, 7) is 9.69. The number of nitrogens with zero attached hydrogens (tertiary/aromatic N) is 4. The van der Waals surface area contributed by atoms with Gasteiger partial charge in [-0.1, -0.05) is 26.8 Å². The lowest BCUT2D eigenvalue weighted by atomic mass is 9.89. The highest BCUT2D eigenvalue weighted by Gasteiger charge is 2.13. The first-order chi connectivity index (χ1) is 11.9. The Morgan fingerprint density at radius 3 is 2.62 bits per heavy atom. The minimum Gasteiger partial charge on any atom is -0.354 e. The van der Waals surface area contributed by atoms with Crippen LogP contribution < -0.4 is 10.6 Å². The molecule has 0 saturated carbocycles. The lowest BCUT2D eigenvalue weighted by Gasteiger charge is -2.23. The summed E-state index contributed by atoms with van der Waals surface area (Å²) in [6, 6.07) is 4.43. The van der Waals surface area contributed by atoms with Gasteiger partial charge in [0.25, 0.3) is 0 Å². The molecule has 0 amide bonds. The van der Waals surface area contributed by atoms with Crippen LogP contribution in [-0.4, -0.2) is 33.6 Å². The van der Waals surface area contributed by atoms with Gasteiger partial charge in [0.15, 0.2) is 5.96 Å². The van der Waals surface area contributed by atoms with Crippen LogP contribution in [0.4, 0.5) is 0 Å². The molecule has 2 heterocycles. The third kappa shape index (κ3) is 7.72. The first-order valence-electron chi connectivity index (χ1n) is 8.78. The van der Waals surface area contributed by atoms with Crippen molar-refractivity contribution < 1.29 is 0 Å². The Kier molecular flexibility index (Phi) is 9.04. The van der Waals surface area contributed by atoms with Crippen LogP contribution in [0, 0.1) is 5.41 Å². The van der Waals surface area contributed by atoms with Crippen LogP contribution >= 0.6 is 24.0 Å². The molecule has 0 spiro atoms. The van der Waals surface area contributed by atoms with Gasteiger partial charge in [-0.3, -0.25) is 9.56 Å². The van der Waals surface area contributed by atoms with Gasteiger partial charge in [-0.2, -0.15) is 0 Å². The Labute approximate surface area is 174 Å². The molecule has 2 aromatic heterocycles. The molecular formula is C19H31IN6. The zero-order valence-electron chi connectivity index (χ0n) is 16.4. The van der Waals surface area contributed by atoms with Crippen molar-refractivity contribution in [3.63, 3.8) is 0 Å². The van der Waals surface area contributed by atoms with Crippen molar-refractivity contribution in [2.45, 2.75) is 53.1 Å². The molecule has 0 saturated heterocycles. The van der Waals surface area contributed by atoms with Crippen LogP contribution in [0.5, 0.6) is 0 Å². The van der Waals surface area contributed by atoms with Crippen molar-refractivity contribution >= 4 is 29.9 Å². The third-order valence-corrected chi connectivity index (χ3v) is 3.97. The summed E-state index contributed by atoms with van der Waals surface area (Å²) < 4.78 is 1.88. The molecule has 0 radical (unpaired) electrons. The molecule has 2 N–H and O–H groups in total. The molecule has 144 valence electrons. The minimum absolute atomic E-state index is 0. The highest BCUT2D eigenvalue weighted by molar-refractivity contribution is 14.0. The average Bonchev–Trinajstić information content (AvgIpc) is 3.11. The lowest BCUT2D eigenvalue weighted by molar-refractivity contribution is 0.346. The van der Waals surface area contributed by atoms with E-state index in [1.165, 1.54) is 6.42 Å². The highest BCUT2D eigenvalue weighted by Crippen LogP contribution is 2.21. The summed E-state index contributed by atoms with van der Waals surface area (Å²) in [5.74, 6) is 1.68. The monoisotopic (exact) mass is 470 g/mol. The average molecular weight is 470 g/mol. The van der Waals surface area contributed by atoms with Crippen molar-refractivity contribution in [3.05, 3.63) is 42.6 Å². The van der Waals surface area contributed by atoms with Gasteiger partial charge in [-0.25, -0.2) is 9.97 Å². The Morgan fingerprint density at radius 2 is 2.08 bits per heavy atom. The number of hydrogen-bond donors (Lipinski definition) is 2. The SMILES string of the molecule is CN=C(NCc1ccc(-n2ccnc2)nc1)NC(C)CCC(C)(C)C.I. The van der Waals surface area contributed by atoms with Crippen LogP contribution in [0.3, 0.4) is 0 Å². The number of aliphatic imine (C=N–C) groups is 1. The van der Waals surface area contributed by atoms with Gasteiger partial charge in [0.05, 0.1) is 0 Å². The standard InChI is InChI=1S/C19H30N6.HI/c1-15(8-9-19(2,3)4)24-18(20-5)23-13-16-6-7-17(22-12-16)25-11-10-21-14-25;/h6-7,10-12,14-15H,8-9,13H2,1-5H3,(H2,20,23,24);1H. The molecule has 1 unspecified atom stereocenters. The summed E-state index contributed by atoms with van der Waals surface area (Å²) in [4.78, 5) is 12.8. The molecule has 0 bridgehead atoms. The summed E-state index contributed by atoms with van der Waals surface area (Å²) in [7, 11) is 1.80. The number of guanidine groups is 1. The second-order valence-electron chi connectivity index (χ2n) is 7.57. The van der Waals surface area contributed by atoms with E-state index >= 15 is 0 Å². The number of halogens is 1. The molecule has 0 aromatic carbocycles. The van der Waals surface area contributed by atoms with Crippen molar-refractivity contribution in [1.29, 1.82) is 0 Å². The molecule has 7 heteroatoms. The minimum atomic E-state index is 0. The first-order valence-corrected chi connectivity index (χ1v) is 8.78. The van der Waals surface area contributed by atoms with E-state index in [4.69, 9.17) is 0 Å². The second kappa shape index (κ2) is 10.5. The molecule has 2 rings (SSSR count). The van der Waals surface area contributed by atoms with Gasteiger partial charge in [0.2, 0.25) is 0 Å². The van der Waals surface area contributed by atoms with Gasteiger partial charge in [-0.05, 0) is 36.8 Å². The maximum absolute atomic E-state index is 4.47. The van der Waals surface area contributed by atoms with E-state index in [1.807, 2.05) is 23.0 Å². The fraction of sp³-hybridized carbons (Fsp3) is 0.526. The van der Waals surface area contributed by atoms with Crippen molar-refractivity contribution in [3.8, 4) is 5.82 Å². The van der Waals surface area contributed by atoms with Crippen LogP contribution in [0.1, 0.15) is 46.1 Å². The van der Waals surface area contributed by atoms with E-state index in [-0.39, 0.29) is 24.0 Å². The molecular weight excluding hydrogens is 439 g/mol. The van der Waals surface area contributed by atoms with Crippen molar-refractivity contribution in [2.75, 3.05) is 7.05 Å². The molecule has 1 atom stereocenters. The second-order valence-corrected chi connectivity index (χ2v) is 7.57. The van der Waals surface area contributed by atoms with E-state index in [1.54, 1.807) is 19.6 Å². The number of nitrogens with one attached hydrogen (secondary N) is 2. The van der Waals surface area contributed by atoms with Gasteiger partial charge in [0.1, 0.15) is 12.1 Å². The van der Waals surface area contributed by atoms with Crippen LogP contribution in [0.25, 0.3) is 5.82 Å². The Hall–Kier alpha value is -1.64. The largest absolute Gasteiger partial charge is 0.354 e. The number of pyridine rings is 1. The first kappa shape index (κ1) is 22.4. The molecule has 0 aliphatic carbocycles. The number of imidazole rings is 1. The molecule has 2 aromatic rings. The summed E-state index contributed by atoms with van der Waals surface area (Å²) >= 11 is 0. The van der Waals surface area contributed by atoms with E-state index in [2.05, 4.69) is 59.4 Å². The smallest absolute Gasteiger partial charge is 0.191 e. The van der Waals surface area contributed by atoms with Crippen LogP contribution in [0.2, 0.25) is 0 Å². The maximum atomic E-state index is 4.47. The van der Waals surface area contributed by atoms with Gasteiger partial charge in [-0.15, -0.1) is 24.0 Å². The molecule has 0 fully saturated rings. The summed E-state index contributed by atoms with van der Waals surface area (Å²) in [5.41, 5.74) is 1.46. The zero-order chi connectivity index (χ0) is 18.3. The summed E-state index contributed by atoms with van der Waals surface area (Å²) in [6.07, 6.45) is 9.53. The Morgan fingerprint density at radius 1 is 1.31 bits per heavy atom. The lowest BCUT2D eigenvalue weighted by Crippen LogP contribution is -2.42. The molecule has 0 aliphatic heterocycles. The maximum Gasteiger partial charge on any atom is 0.191 e. The quantitative estimate of drug-likeness (QED) is 0.383. The predicted molar refractivity (Wildman–Crippen MR) is 118 cm³/mol. The van der Waals surface area contributed by atoms with E-state index < -0.39 is 0 Å². The molecule has 26 heavy (non-hydrogen) atoms. The predicted octanol–water partition coefficient (Wildman–Crippen LogP) is 3.77. The van der Waals surface area contributed by atoms with Crippen molar-refractivity contribution in [1.82, 2.24) is 25.2 Å². The van der Waals surface area contributed by atoms with Crippen molar-refractivity contribution in [2.24, 2.45) is 10.4 Å². The van der Waals surface area contributed by atoms with E-state index in [9.17, 15) is 0 Å². The number of rotatable bonds is 6. The molecule has 6 nitrogen and oxygen atoms in total. The Balaban J connectivity index is 0.00000338. The zero-order valence-corrected chi connectivity index (χ0v) is 18.7. The van der Waals surface area contributed by atoms with Crippen LogP contribution in [-0.2, 0) is 6.54 Å². The summed E-state index contributed by atoms with van der Waals surface area (Å²) in [5, 5.41) is 6.80. The number of hydrogen-bond acceptors (Lipinski definition) is 3. The fourth-order valence-corrected chi connectivity index (χ4v) is 2.40. The van der Waals surface area contributed by atoms with Gasteiger partial charge >= 0.3 is 0 Å². The van der Waals surface area contributed by atoms with Gasteiger partial charge < -0.3 is 10.6 Å². The Bertz CT molecular complexity index is 658.